The van der Waals surface area contributed by atoms with E-state index in [1.54, 1.807) is 0 Å². The molecule has 0 bridgehead atoms. The van der Waals surface area contributed by atoms with Crippen molar-refractivity contribution in [3.05, 3.63) is 41.6 Å². The molecule has 1 saturated carbocycles. The first-order valence-corrected chi connectivity index (χ1v) is 10.9. The second-order valence-electron chi connectivity index (χ2n) is 8.15. The highest BCUT2D eigenvalue weighted by molar-refractivity contribution is 7.92. The Morgan fingerprint density at radius 3 is 2.22 bits per heavy atom. The molecular formula is C19H19F6N3O3S. The third-order valence-electron chi connectivity index (χ3n) is 5.78. The Labute approximate surface area is 179 Å². The minimum Gasteiger partial charge on any atom is -0.311 e. The van der Waals surface area contributed by atoms with Crippen LogP contribution in [-0.2, 0) is 27.0 Å². The van der Waals surface area contributed by atoms with Gasteiger partial charge in [0.05, 0.1) is 15.2 Å². The standard InChI is InChI=1S/C19H19F6N3O3S/c1-17(2,32(30,31)13-5-3-4-11(8-13)18(20,21)22)12-6-10(7-12)16(29)26-15-9-14(27-28-15)19(23,24)25/h3-5,8-10,12H,6-7H2,1-2H3,(H2,26,27,28,29)/t10-,12+. The number of aromatic amines is 1. The highest BCUT2D eigenvalue weighted by atomic mass is 32.2. The number of alkyl halides is 6. The Bertz CT molecular complexity index is 1120. The normalized spacial score (nSPS) is 20.0. The lowest BCUT2D eigenvalue weighted by Gasteiger charge is -2.44. The Balaban J connectivity index is 1.68. The second kappa shape index (κ2) is 7.78. The lowest BCUT2D eigenvalue weighted by atomic mass is 9.68. The topological polar surface area (TPSA) is 91.9 Å². The molecule has 13 heteroatoms. The van der Waals surface area contributed by atoms with E-state index in [9.17, 15) is 39.6 Å². The first-order valence-electron chi connectivity index (χ1n) is 9.39. The van der Waals surface area contributed by atoms with E-state index in [2.05, 4.69) is 15.5 Å². The number of benzene rings is 1. The number of hydrogen-bond donors (Lipinski definition) is 2. The average Bonchev–Trinajstić information content (AvgIpc) is 3.08. The van der Waals surface area contributed by atoms with Gasteiger partial charge in [0.1, 0.15) is 5.82 Å². The fourth-order valence-electron chi connectivity index (χ4n) is 3.53. The summed E-state index contributed by atoms with van der Waals surface area (Å²) in [7, 11) is -4.18. The van der Waals surface area contributed by atoms with Crippen LogP contribution < -0.4 is 5.32 Å². The van der Waals surface area contributed by atoms with Gasteiger partial charge in [0.25, 0.3) is 0 Å². The molecule has 0 saturated heterocycles. The molecule has 1 fully saturated rings. The highest BCUT2D eigenvalue weighted by Crippen LogP contribution is 2.47. The lowest BCUT2D eigenvalue weighted by Crippen LogP contribution is -2.49. The minimum absolute atomic E-state index is 0.108. The van der Waals surface area contributed by atoms with Crippen LogP contribution in [0.5, 0.6) is 0 Å². The van der Waals surface area contributed by atoms with Crippen molar-refractivity contribution in [1.82, 2.24) is 10.2 Å². The van der Waals surface area contributed by atoms with Gasteiger partial charge in [0.2, 0.25) is 5.91 Å². The summed E-state index contributed by atoms with van der Waals surface area (Å²) in [4.78, 5) is 11.8. The highest BCUT2D eigenvalue weighted by Gasteiger charge is 2.50. The number of amides is 1. The lowest BCUT2D eigenvalue weighted by molar-refractivity contribution is -0.141. The molecule has 2 aromatic rings. The summed E-state index contributed by atoms with van der Waals surface area (Å²) < 4.78 is 101. The fourth-order valence-corrected chi connectivity index (χ4v) is 5.31. The van der Waals surface area contributed by atoms with Gasteiger partial charge in [-0.25, -0.2) is 8.42 Å². The summed E-state index contributed by atoms with van der Waals surface area (Å²) in [6, 6.07) is 4.09. The monoisotopic (exact) mass is 483 g/mol. The molecule has 1 amide bonds. The van der Waals surface area contributed by atoms with Gasteiger partial charge in [-0.15, -0.1) is 0 Å². The van der Waals surface area contributed by atoms with Crippen molar-refractivity contribution in [2.75, 3.05) is 5.32 Å². The first-order chi connectivity index (χ1) is 14.5. The number of sulfone groups is 1. The Morgan fingerprint density at radius 1 is 1.06 bits per heavy atom. The zero-order chi connectivity index (χ0) is 24.1. The molecule has 3 rings (SSSR count). The summed E-state index contributed by atoms with van der Waals surface area (Å²) in [6.45, 7) is 2.76. The Kier molecular flexibility index (Phi) is 5.86. The molecule has 32 heavy (non-hydrogen) atoms. The number of halogens is 6. The summed E-state index contributed by atoms with van der Waals surface area (Å²) in [5.74, 6) is -2.05. The van der Waals surface area contributed by atoms with Gasteiger partial charge in [-0.05, 0) is 50.8 Å². The third-order valence-corrected chi connectivity index (χ3v) is 8.38. The van der Waals surface area contributed by atoms with Crippen LogP contribution in [0.15, 0.2) is 35.2 Å². The number of H-pyrrole nitrogens is 1. The van der Waals surface area contributed by atoms with Crippen LogP contribution in [0.2, 0.25) is 0 Å². The SMILES string of the molecule is CC(C)([C@H]1C[C@@H](C(=O)Nc2cc(C(F)(F)F)n[nH]2)C1)S(=O)(=O)c1cccc(C(F)(F)F)c1. The smallest absolute Gasteiger partial charge is 0.311 e. The van der Waals surface area contributed by atoms with Crippen molar-refractivity contribution in [3.8, 4) is 0 Å². The molecule has 6 nitrogen and oxygen atoms in total. The average molecular weight is 483 g/mol. The van der Waals surface area contributed by atoms with E-state index >= 15 is 0 Å². The van der Waals surface area contributed by atoms with Gasteiger partial charge in [-0.3, -0.25) is 9.89 Å². The fraction of sp³-hybridized carbons (Fsp3) is 0.474. The molecule has 0 aliphatic heterocycles. The molecular weight excluding hydrogens is 464 g/mol. The van der Waals surface area contributed by atoms with Crippen LogP contribution >= 0.6 is 0 Å². The number of carbonyl (C=O) groups is 1. The maximum absolute atomic E-state index is 13.0. The molecule has 0 spiro atoms. The van der Waals surface area contributed by atoms with Crippen molar-refractivity contribution in [1.29, 1.82) is 0 Å². The predicted octanol–water partition coefficient (Wildman–Crippen LogP) is 4.66. The largest absolute Gasteiger partial charge is 0.435 e. The second-order valence-corrected chi connectivity index (χ2v) is 10.7. The number of aromatic nitrogens is 2. The van der Waals surface area contributed by atoms with E-state index in [1.165, 1.54) is 13.8 Å². The molecule has 1 aliphatic rings. The van der Waals surface area contributed by atoms with Crippen molar-refractivity contribution in [2.24, 2.45) is 11.8 Å². The molecule has 176 valence electrons. The number of hydrogen-bond acceptors (Lipinski definition) is 4. The quantitative estimate of drug-likeness (QED) is 0.605. The van der Waals surface area contributed by atoms with Gasteiger partial charge < -0.3 is 5.32 Å². The molecule has 1 aromatic heterocycles. The summed E-state index contributed by atoms with van der Waals surface area (Å²) in [5.41, 5.74) is -2.29. The number of nitrogens with one attached hydrogen (secondary N) is 2. The zero-order valence-electron chi connectivity index (χ0n) is 16.8. The van der Waals surface area contributed by atoms with E-state index < -0.39 is 60.8 Å². The molecule has 1 aromatic carbocycles. The van der Waals surface area contributed by atoms with Gasteiger partial charge in [0.15, 0.2) is 15.5 Å². The molecule has 0 atom stereocenters. The van der Waals surface area contributed by atoms with Gasteiger partial charge in [0, 0.05) is 12.0 Å². The van der Waals surface area contributed by atoms with Crippen LogP contribution in [0.4, 0.5) is 32.2 Å². The molecule has 0 radical (unpaired) electrons. The summed E-state index contributed by atoms with van der Waals surface area (Å²) in [5, 5.41) is 7.40. The number of rotatable bonds is 5. The van der Waals surface area contributed by atoms with E-state index in [0.29, 0.717) is 12.1 Å². The van der Waals surface area contributed by atoms with E-state index in [0.717, 1.165) is 18.2 Å². The van der Waals surface area contributed by atoms with Crippen LogP contribution in [-0.4, -0.2) is 29.3 Å². The molecule has 1 heterocycles. The van der Waals surface area contributed by atoms with Crippen molar-refractivity contribution < 1.29 is 39.6 Å². The first kappa shape index (κ1) is 24.1. The van der Waals surface area contributed by atoms with Crippen LogP contribution in [0.1, 0.15) is 37.9 Å². The minimum atomic E-state index is -4.70. The van der Waals surface area contributed by atoms with Crippen LogP contribution in [0.3, 0.4) is 0 Å². The van der Waals surface area contributed by atoms with E-state index in [4.69, 9.17) is 0 Å². The molecule has 0 unspecified atom stereocenters. The maximum atomic E-state index is 13.0. The van der Waals surface area contributed by atoms with E-state index in [1.807, 2.05) is 0 Å². The van der Waals surface area contributed by atoms with Crippen LogP contribution in [0, 0.1) is 11.8 Å². The third kappa shape index (κ3) is 4.48. The Morgan fingerprint density at radius 2 is 1.69 bits per heavy atom. The van der Waals surface area contributed by atoms with Crippen molar-refractivity contribution in [3.63, 3.8) is 0 Å². The Hall–Kier alpha value is -2.57. The number of carbonyl (C=O) groups excluding carboxylic acids is 1. The van der Waals surface area contributed by atoms with Gasteiger partial charge in [-0.1, -0.05) is 6.07 Å². The summed E-state index contributed by atoms with van der Waals surface area (Å²) in [6.07, 6.45) is -9.16. The number of nitrogens with zero attached hydrogens (tertiary/aromatic N) is 1. The predicted molar refractivity (Wildman–Crippen MR) is 101 cm³/mol. The zero-order valence-corrected chi connectivity index (χ0v) is 17.6. The summed E-state index contributed by atoms with van der Waals surface area (Å²) >= 11 is 0. The molecule has 2 N–H and O–H groups in total. The van der Waals surface area contributed by atoms with Gasteiger partial charge in [-0.2, -0.15) is 31.4 Å². The van der Waals surface area contributed by atoms with Crippen molar-refractivity contribution in [2.45, 2.75) is 48.7 Å². The number of anilines is 1. The van der Waals surface area contributed by atoms with Crippen LogP contribution in [0.25, 0.3) is 0 Å². The molecule has 1 aliphatic carbocycles. The van der Waals surface area contributed by atoms with Gasteiger partial charge >= 0.3 is 12.4 Å². The van der Waals surface area contributed by atoms with Crippen molar-refractivity contribution >= 4 is 21.6 Å². The van der Waals surface area contributed by atoms with E-state index in [-0.39, 0.29) is 18.7 Å². The maximum Gasteiger partial charge on any atom is 0.435 e.